The van der Waals surface area contributed by atoms with Crippen molar-refractivity contribution in [2.75, 3.05) is 0 Å². The van der Waals surface area contributed by atoms with Gasteiger partial charge in [0, 0.05) is 39.5 Å². The Morgan fingerprint density at radius 2 is 1.07 bits per heavy atom. The number of para-hydroxylation sites is 2. The van der Waals surface area contributed by atoms with Crippen LogP contribution >= 0.6 is 0 Å². The van der Waals surface area contributed by atoms with Crippen LogP contribution in [0.15, 0.2) is 122 Å². The zero-order chi connectivity index (χ0) is 28.4. The number of rotatable bonds is 3. The average Bonchev–Trinajstić information content (AvgIpc) is 3.52. The van der Waals surface area contributed by atoms with Crippen LogP contribution < -0.4 is 0 Å². The van der Waals surface area contributed by atoms with E-state index in [1.807, 2.05) is 24.5 Å². The van der Waals surface area contributed by atoms with Crippen molar-refractivity contribution in [3.8, 4) is 28.6 Å². The molecule has 0 N–H and O–H groups in total. The van der Waals surface area contributed by atoms with E-state index in [-0.39, 0.29) is 0 Å². The Kier molecular flexibility index (Phi) is 5.29. The van der Waals surface area contributed by atoms with Gasteiger partial charge in [-0.15, -0.1) is 0 Å². The Morgan fingerprint density at radius 3 is 1.64 bits per heavy atom. The maximum Gasteiger partial charge on any atom is 0.101 e. The van der Waals surface area contributed by atoms with Gasteiger partial charge in [-0.25, -0.2) is 0 Å². The first-order valence-electron chi connectivity index (χ1n) is 14.1. The minimum atomic E-state index is 0.616. The van der Waals surface area contributed by atoms with Crippen molar-refractivity contribution in [2.45, 2.75) is 13.8 Å². The molecule has 0 aliphatic carbocycles. The first-order chi connectivity index (χ1) is 20.6. The van der Waals surface area contributed by atoms with Gasteiger partial charge in [0.25, 0.3) is 0 Å². The third-order valence-electron chi connectivity index (χ3n) is 8.37. The molecule has 4 heteroatoms. The Hall–Kier alpha value is -5.66. The summed E-state index contributed by atoms with van der Waals surface area (Å²) in [5.74, 6) is 0. The molecule has 8 aromatic rings. The Bertz CT molecular complexity index is 2380. The number of aromatic nitrogens is 3. The van der Waals surface area contributed by atoms with Gasteiger partial charge in [-0.1, -0.05) is 60.7 Å². The highest BCUT2D eigenvalue weighted by Gasteiger charge is 2.21. The van der Waals surface area contributed by atoms with Crippen LogP contribution in [0.5, 0.6) is 0 Å². The number of fused-ring (bicyclic) bond motifs is 6. The third kappa shape index (κ3) is 3.51. The molecule has 0 saturated carbocycles. The lowest BCUT2D eigenvalue weighted by atomic mass is 10.00. The second kappa shape index (κ2) is 9.19. The number of aryl methyl sites for hydroxylation is 2. The highest BCUT2D eigenvalue weighted by molar-refractivity contribution is 6.11. The van der Waals surface area contributed by atoms with E-state index in [0.717, 1.165) is 44.6 Å². The van der Waals surface area contributed by atoms with Crippen molar-refractivity contribution in [3.63, 3.8) is 0 Å². The Morgan fingerprint density at radius 1 is 0.548 bits per heavy atom. The summed E-state index contributed by atoms with van der Waals surface area (Å²) < 4.78 is 4.56. The first-order valence-corrected chi connectivity index (χ1v) is 14.1. The largest absolute Gasteiger partial charge is 0.309 e. The number of hydrogen-bond acceptors (Lipinski definition) is 2. The van der Waals surface area contributed by atoms with Crippen molar-refractivity contribution in [1.29, 1.82) is 5.26 Å². The van der Waals surface area contributed by atoms with Crippen molar-refractivity contribution < 1.29 is 0 Å². The summed E-state index contributed by atoms with van der Waals surface area (Å²) in [5.41, 5.74) is 11.3. The zero-order valence-electron chi connectivity index (χ0n) is 23.3. The summed E-state index contributed by atoms with van der Waals surface area (Å²) in [6.45, 7) is 4.24. The van der Waals surface area contributed by atoms with Crippen LogP contribution in [0, 0.1) is 25.2 Å². The van der Waals surface area contributed by atoms with E-state index in [9.17, 15) is 5.26 Å². The molecule has 42 heavy (non-hydrogen) atoms. The molecule has 198 valence electrons. The van der Waals surface area contributed by atoms with Crippen LogP contribution in [0.1, 0.15) is 16.7 Å². The number of hydrogen-bond donors (Lipinski definition) is 0. The van der Waals surface area contributed by atoms with Crippen LogP contribution in [0.2, 0.25) is 0 Å². The summed E-state index contributed by atoms with van der Waals surface area (Å²) in [5, 5.41) is 15.4. The molecule has 3 heterocycles. The van der Waals surface area contributed by atoms with Gasteiger partial charge in [-0.05, 0) is 79.1 Å². The van der Waals surface area contributed by atoms with Crippen molar-refractivity contribution in [2.24, 2.45) is 0 Å². The van der Waals surface area contributed by atoms with Crippen LogP contribution in [0.3, 0.4) is 0 Å². The fraction of sp³-hybridized carbons (Fsp3) is 0.0526. The Labute approximate surface area is 243 Å². The van der Waals surface area contributed by atoms with E-state index in [0.29, 0.717) is 5.56 Å². The predicted octanol–water partition coefficient (Wildman–Crippen LogP) is 9.43. The molecule has 3 aromatic heterocycles. The van der Waals surface area contributed by atoms with Gasteiger partial charge in [0.05, 0.1) is 39.0 Å². The standard InChI is InChI=1S/C38H26N4/c1-24-11-13-30-28-7-3-5-9-33(28)41(36(30)19-24)35-22-32(26-15-17-40-18-16-26)38(21-27(35)23-39)42-34-10-6-4-8-29(34)31-14-12-25(2)20-37(31)42/h3-22H,1-2H3. The van der Waals surface area contributed by atoms with Crippen LogP contribution in [0.25, 0.3) is 66.1 Å². The molecule has 0 aliphatic heterocycles. The molecule has 4 nitrogen and oxygen atoms in total. The third-order valence-corrected chi connectivity index (χ3v) is 8.37. The molecule has 0 unspecified atom stereocenters. The average molecular weight is 539 g/mol. The van der Waals surface area contributed by atoms with Crippen LogP contribution in [0.4, 0.5) is 0 Å². The summed E-state index contributed by atoms with van der Waals surface area (Å²) in [6.07, 6.45) is 3.66. The molecule has 0 bridgehead atoms. The highest BCUT2D eigenvalue weighted by atomic mass is 15.0. The molecular weight excluding hydrogens is 512 g/mol. The van der Waals surface area contributed by atoms with Crippen LogP contribution in [-0.2, 0) is 0 Å². The molecule has 5 aromatic carbocycles. The predicted molar refractivity (Wildman–Crippen MR) is 173 cm³/mol. The number of nitrogens with zero attached hydrogens (tertiary/aromatic N) is 4. The number of nitriles is 1. The molecule has 0 fully saturated rings. The van der Waals surface area contributed by atoms with Gasteiger partial charge in [0.15, 0.2) is 0 Å². The lowest BCUT2D eigenvalue weighted by molar-refractivity contribution is 1.13. The minimum Gasteiger partial charge on any atom is -0.309 e. The van der Waals surface area contributed by atoms with Crippen LogP contribution in [-0.4, -0.2) is 14.1 Å². The number of pyridine rings is 1. The molecule has 0 saturated heterocycles. The number of benzene rings is 5. The topological polar surface area (TPSA) is 46.5 Å². The summed E-state index contributed by atoms with van der Waals surface area (Å²) >= 11 is 0. The highest BCUT2D eigenvalue weighted by Crippen LogP contribution is 2.40. The molecule has 0 amide bonds. The lowest BCUT2D eigenvalue weighted by Gasteiger charge is -2.19. The summed E-state index contributed by atoms with van der Waals surface area (Å²) in [4.78, 5) is 4.31. The maximum absolute atomic E-state index is 10.7. The molecular formula is C38H26N4. The van der Waals surface area contributed by atoms with Gasteiger partial charge in [-0.3, -0.25) is 4.98 Å². The lowest BCUT2D eigenvalue weighted by Crippen LogP contribution is -2.04. The van der Waals surface area contributed by atoms with E-state index >= 15 is 0 Å². The second-order valence-electron chi connectivity index (χ2n) is 11.0. The maximum atomic E-state index is 10.7. The van der Waals surface area contributed by atoms with E-state index in [1.54, 1.807) is 0 Å². The van der Waals surface area contributed by atoms with Gasteiger partial charge in [0.1, 0.15) is 6.07 Å². The van der Waals surface area contributed by atoms with Gasteiger partial charge >= 0.3 is 0 Å². The Balaban J connectivity index is 1.54. The first kappa shape index (κ1) is 24.2. The fourth-order valence-electron chi connectivity index (χ4n) is 6.48. The van der Waals surface area contributed by atoms with E-state index in [1.165, 1.54) is 32.7 Å². The minimum absolute atomic E-state index is 0.616. The normalized spacial score (nSPS) is 11.5. The zero-order valence-corrected chi connectivity index (χ0v) is 23.3. The van der Waals surface area contributed by atoms with Crippen molar-refractivity contribution in [3.05, 3.63) is 138 Å². The molecule has 0 aliphatic rings. The van der Waals surface area contributed by atoms with Gasteiger partial charge in [-0.2, -0.15) is 5.26 Å². The molecule has 0 radical (unpaired) electrons. The quantitative estimate of drug-likeness (QED) is 0.225. The fourth-order valence-corrected chi connectivity index (χ4v) is 6.48. The SMILES string of the molecule is Cc1ccc2c3ccccc3n(-c3cc(-c4ccncc4)c(-n4c5ccccc5c5ccc(C)cc54)cc3C#N)c2c1. The summed E-state index contributed by atoms with van der Waals surface area (Å²) in [7, 11) is 0. The van der Waals surface area contributed by atoms with E-state index < -0.39 is 0 Å². The second-order valence-corrected chi connectivity index (χ2v) is 11.0. The van der Waals surface area contributed by atoms with E-state index in [4.69, 9.17) is 0 Å². The van der Waals surface area contributed by atoms with Crippen molar-refractivity contribution >= 4 is 43.6 Å². The van der Waals surface area contributed by atoms with Crippen molar-refractivity contribution in [1.82, 2.24) is 14.1 Å². The van der Waals surface area contributed by atoms with Gasteiger partial charge in [0.2, 0.25) is 0 Å². The molecule has 8 rings (SSSR count). The smallest absolute Gasteiger partial charge is 0.101 e. The summed E-state index contributed by atoms with van der Waals surface area (Å²) in [6, 6.07) is 41.0. The molecule has 0 atom stereocenters. The van der Waals surface area contributed by atoms with Gasteiger partial charge < -0.3 is 9.13 Å². The monoisotopic (exact) mass is 538 g/mol. The molecule has 0 spiro atoms. The van der Waals surface area contributed by atoms with E-state index in [2.05, 4.69) is 131 Å².